The van der Waals surface area contributed by atoms with Crippen molar-refractivity contribution in [2.75, 3.05) is 33.9 Å². The maximum absolute atomic E-state index is 14.8. The van der Waals surface area contributed by atoms with Crippen LogP contribution in [0.2, 0.25) is 0 Å². The van der Waals surface area contributed by atoms with Gasteiger partial charge in [-0.15, -0.1) is 0 Å². The predicted molar refractivity (Wildman–Crippen MR) is 211 cm³/mol. The van der Waals surface area contributed by atoms with E-state index >= 15 is 0 Å². The van der Waals surface area contributed by atoms with Crippen LogP contribution in [0.1, 0.15) is 80.2 Å². The summed E-state index contributed by atoms with van der Waals surface area (Å²) in [4.78, 5) is 60.5. The van der Waals surface area contributed by atoms with Crippen molar-refractivity contribution in [1.82, 2.24) is 9.80 Å². The molecule has 1 amide bonds. The Labute approximate surface area is 342 Å². The number of amides is 1. The van der Waals surface area contributed by atoms with Crippen LogP contribution < -0.4 is 0 Å². The molecule has 5 fully saturated rings. The number of cyclic esters (lactones) is 1. The van der Waals surface area contributed by atoms with Gasteiger partial charge in [-0.3, -0.25) is 14.5 Å². The summed E-state index contributed by atoms with van der Waals surface area (Å²) < 4.78 is 45.4. The molecule has 0 aliphatic carbocycles. The van der Waals surface area contributed by atoms with Gasteiger partial charge in [0.05, 0.1) is 49.1 Å². The number of rotatable bonds is 7. The van der Waals surface area contributed by atoms with E-state index in [1.807, 2.05) is 83.9 Å². The van der Waals surface area contributed by atoms with E-state index in [0.29, 0.717) is 18.4 Å². The summed E-state index contributed by atoms with van der Waals surface area (Å²) in [5.74, 6) is -4.81. The number of Topliss-reactive ketones (excluding diaryl/α,β-unsaturated/α-hetero) is 1. The highest BCUT2D eigenvalue weighted by atomic mass is 16.7. The number of likely N-dealkylation sites (N-methyl/N-ethyl adjacent to an activating group) is 1. The minimum absolute atomic E-state index is 0.00157. The lowest BCUT2D eigenvalue weighted by Crippen LogP contribution is -2.61. The summed E-state index contributed by atoms with van der Waals surface area (Å²) in [6.07, 6.45) is -3.19. The summed E-state index contributed by atoms with van der Waals surface area (Å²) in [5.41, 5.74) is -1.36. The molecule has 1 N–H and O–H groups in total. The summed E-state index contributed by atoms with van der Waals surface area (Å²) in [6, 6.07) is 8.18. The molecule has 0 aromatic heterocycles. The number of fused-ring (bicyclic) bond motifs is 5. The molecule has 322 valence electrons. The van der Waals surface area contributed by atoms with E-state index in [4.69, 9.17) is 33.2 Å². The van der Waals surface area contributed by atoms with Gasteiger partial charge >= 0.3 is 18.0 Å². The van der Waals surface area contributed by atoms with Crippen LogP contribution in [-0.2, 0) is 54.1 Å². The topological polar surface area (TPSA) is 160 Å². The van der Waals surface area contributed by atoms with Crippen LogP contribution in [0.5, 0.6) is 0 Å². The van der Waals surface area contributed by atoms with E-state index in [9.17, 15) is 24.3 Å². The third kappa shape index (κ3) is 8.74. The van der Waals surface area contributed by atoms with Crippen molar-refractivity contribution >= 4 is 23.8 Å². The highest BCUT2D eigenvalue weighted by molar-refractivity contribution is 5.86. The molecule has 6 bridgehead atoms. The Morgan fingerprint density at radius 1 is 1.03 bits per heavy atom. The van der Waals surface area contributed by atoms with E-state index in [-0.39, 0.29) is 50.7 Å². The summed E-state index contributed by atoms with van der Waals surface area (Å²) in [6.45, 7) is 14.6. The molecule has 58 heavy (non-hydrogen) atoms. The molecule has 0 radical (unpaired) electrons. The van der Waals surface area contributed by atoms with Crippen molar-refractivity contribution in [2.45, 2.75) is 141 Å². The number of aliphatic hydroxyl groups excluding tert-OH is 1. The minimum atomic E-state index is -1.42. The van der Waals surface area contributed by atoms with Crippen molar-refractivity contribution in [1.29, 1.82) is 0 Å². The Kier molecular flexibility index (Phi) is 13.5. The monoisotopic (exact) mass is 812 g/mol. The molecule has 15 atom stereocenters. The van der Waals surface area contributed by atoms with E-state index in [2.05, 4.69) is 0 Å². The molecule has 14 heteroatoms. The molecule has 0 spiro atoms. The fraction of sp³-hybridized carbons (Fsp3) is 0.727. The average Bonchev–Trinajstić information content (AvgIpc) is 3.45. The zero-order chi connectivity index (χ0) is 42.3. The fourth-order valence-corrected chi connectivity index (χ4v) is 10.2. The highest BCUT2D eigenvalue weighted by Crippen LogP contribution is 2.46. The Morgan fingerprint density at radius 3 is 2.41 bits per heavy atom. The lowest BCUT2D eigenvalue weighted by molar-refractivity contribution is -0.302. The number of nitrogens with zero attached hydrogens (tertiary/aromatic N) is 2. The van der Waals surface area contributed by atoms with Gasteiger partial charge in [-0.1, -0.05) is 58.0 Å². The Hall–Kier alpha value is -3.40. The van der Waals surface area contributed by atoms with Crippen molar-refractivity contribution < 1.29 is 57.4 Å². The first-order valence-corrected chi connectivity index (χ1v) is 20.9. The van der Waals surface area contributed by atoms with Crippen LogP contribution in [0.3, 0.4) is 0 Å². The molecular weight excluding hydrogens is 748 g/mol. The normalized spacial score (nSPS) is 41.9. The van der Waals surface area contributed by atoms with Gasteiger partial charge in [-0.25, -0.2) is 9.59 Å². The smallest absolute Gasteiger partial charge is 0.411 e. The Bertz CT molecular complexity index is 1690. The van der Waals surface area contributed by atoms with Gasteiger partial charge in [0.25, 0.3) is 0 Å². The zero-order valence-corrected chi connectivity index (χ0v) is 35.8. The molecule has 6 rings (SSSR count). The molecule has 5 saturated heterocycles. The molecular formula is C44H64N2O12. The van der Waals surface area contributed by atoms with Crippen molar-refractivity contribution in [3.05, 3.63) is 47.5 Å². The Balaban J connectivity index is 1.52. The van der Waals surface area contributed by atoms with Crippen LogP contribution in [0, 0.1) is 29.6 Å². The number of ether oxygens (including phenoxy) is 7. The third-order valence-corrected chi connectivity index (χ3v) is 13.4. The number of carbonyl (C=O) groups is 4. The first kappa shape index (κ1) is 44.2. The molecule has 0 saturated carbocycles. The summed E-state index contributed by atoms with van der Waals surface area (Å²) in [5, 5.41) is 11.7. The molecule has 1 aromatic carbocycles. The second kappa shape index (κ2) is 17.7. The molecule has 1 aromatic rings. The summed E-state index contributed by atoms with van der Waals surface area (Å²) >= 11 is 0. The van der Waals surface area contributed by atoms with E-state index < -0.39 is 95.6 Å². The van der Waals surface area contributed by atoms with E-state index in [1.165, 1.54) is 11.0 Å². The first-order valence-electron chi connectivity index (χ1n) is 20.9. The molecule has 3 unspecified atom stereocenters. The minimum Gasteiger partial charge on any atom is -0.458 e. The largest absolute Gasteiger partial charge is 0.458 e. The average molecular weight is 813 g/mol. The molecule has 5 heterocycles. The number of aliphatic hydroxyl groups is 1. The predicted octanol–water partition coefficient (Wildman–Crippen LogP) is 4.69. The number of hydrogen-bond acceptors (Lipinski definition) is 13. The number of benzene rings is 1. The van der Waals surface area contributed by atoms with Gasteiger partial charge in [-0.2, -0.15) is 0 Å². The Morgan fingerprint density at radius 2 is 1.74 bits per heavy atom. The number of esters is 2. The number of carbonyl (C=O) groups excluding carboxylic acids is 4. The maximum atomic E-state index is 14.8. The van der Waals surface area contributed by atoms with Gasteiger partial charge in [0.2, 0.25) is 0 Å². The summed E-state index contributed by atoms with van der Waals surface area (Å²) in [7, 11) is 3.81. The van der Waals surface area contributed by atoms with Crippen LogP contribution in [0.15, 0.2) is 42.0 Å². The zero-order valence-electron chi connectivity index (χ0n) is 35.8. The van der Waals surface area contributed by atoms with E-state index in [1.54, 1.807) is 20.8 Å². The fourth-order valence-electron chi connectivity index (χ4n) is 10.2. The standard InChI is InChI=1S/C44H64N2O12/c1-11-33-44(8)38-26(4)35(48)24(2)19-43(7)39(57-41-36(49)32(45(9)10)17-25(3)55-41)27(5)37(28(6)40(50)56-33)53-22-31(23-54-43)30(20-46(38)42(51)58-44)18-34(47)52-21-29-15-13-12-14-16-29/h12-16,18,24-28,31-33,36-39,41,49H,11,17,19-23H2,1-10H3/b30-18-/t24-,25-,26+,27+,28-,31?,32+,33-,36-,37+,38+,39-,41+,43?,44?/m1/s1. The molecule has 14 nitrogen and oxygen atoms in total. The van der Waals surface area contributed by atoms with Crippen molar-refractivity contribution in [3.63, 3.8) is 0 Å². The van der Waals surface area contributed by atoms with Crippen LogP contribution in [0.25, 0.3) is 0 Å². The number of ketones is 1. The quantitative estimate of drug-likeness (QED) is 0.230. The van der Waals surface area contributed by atoms with Crippen molar-refractivity contribution in [2.24, 2.45) is 29.6 Å². The number of hydrogen-bond donors (Lipinski definition) is 1. The first-order chi connectivity index (χ1) is 27.4. The third-order valence-electron chi connectivity index (χ3n) is 13.4. The van der Waals surface area contributed by atoms with Crippen molar-refractivity contribution in [3.8, 4) is 0 Å². The van der Waals surface area contributed by atoms with Crippen LogP contribution in [0.4, 0.5) is 4.79 Å². The van der Waals surface area contributed by atoms with Gasteiger partial charge in [-0.05, 0) is 72.2 Å². The van der Waals surface area contributed by atoms with Crippen LogP contribution >= 0.6 is 0 Å². The maximum Gasteiger partial charge on any atom is 0.411 e. The highest BCUT2D eigenvalue weighted by Gasteiger charge is 2.61. The van der Waals surface area contributed by atoms with E-state index in [0.717, 1.165) is 5.56 Å². The molecule has 5 aliphatic rings. The van der Waals surface area contributed by atoms with Gasteiger partial charge in [0.15, 0.2) is 11.9 Å². The lowest BCUT2D eigenvalue weighted by atomic mass is 9.72. The lowest BCUT2D eigenvalue weighted by Gasteiger charge is -2.48. The van der Waals surface area contributed by atoms with Gasteiger partial charge in [0, 0.05) is 42.3 Å². The van der Waals surface area contributed by atoms with Gasteiger partial charge < -0.3 is 43.2 Å². The second-order valence-corrected chi connectivity index (χ2v) is 18.0. The SMILES string of the molecule is CC[C@H]1OC(=O)[C@H](C)[C@H]2OCC3COC(C)(C[C@@H](C)C(=O)[C@H](C)[C@@H]4N(C/C3=C/C(=O)OCc3ccccc3)C(=O)OC41C)[C@H](O[C@@H]1O[C@H](C)C[C@H](N(C)C)[C@H]1O)[C@H]2C. The van der Waals surface area contributed by atoms with Gasteiger partial charge in [0.1, 0.15) is 24.6 Å². The van der Waals surface area contributed by atoms with Crippen LogP contribution in [-0.4, -0.2) is 133 Å². The second-order valence-electron chi connectivity index (χ2n) is 18.0. The molecule has 5 aliphatic heterocycles.